The molecule has 2 aromatic rings. The van der Waals surface area contributed by atoms with Gasteiger partial charge in [-0.15, -0.1) is 0 Å². The van der Waals surface area contributed by atoms with Crippen molar-refractivity contribution in [2.24, 2.45) is 0 Å². The average molecular weight is 342 g/mol. The number of piperidine rings is 1. The Labute approximate surface area is 145 Å². The smallest absolute Gasteiger partial charge is 0.255 e. The van der Waals surface area contributed by atoms with E-state index < -0.39 is 5.82 Å². The van der Waals surface area contributed by atoms with Gasteiger partial charge in [0, 0.05) is 30.3 Å². The van der Waals surface area contributed by atoms with Crippen LogP contribution in [0, 0.1) is 5.82 Å². The maximum absolute atomic E-state index is 13.2. The first-order valence-electron chi connectivity index (χ1n) is 8.14. The van der Waals surface area contributed by atoms with E-state index in [4.69, 9.17) is 4.74 Å². The molecular formula is C19H19FN2O3. The Bertz CT molecular complexity index is 790. The molecular weight excluding hydrogens is 323 g/mol. The summed E-state index contributed by atoms with van der Waals surface area (Å²) in [4.78, 5) is 26.1. The monoisotopic (exact) mass is 342 g/mol. The molecule has 0 bridgehead atoms. The minimum absolute atomic E-state index is 0.111. The van der Waals surface area contributed by atoms with E-state index in [0.29, 0.717) is 24.2 Å². The van der Waals surface area contributed by atoms with Crippen LogP contribution in [0.15, 0.2) is 42.5 Å². The summed E-state index contributed by atoms with van der Waals surface area (Å²) in [5.74, 6) is -0.407. The summed E-state index contributed by atoms with van der Waals surface area (Å²) in [5, 5.41) is 2.70. The second kappa shape index (κ2) is 7.34. The third kappa shape index (κ3) is 3.79. The molecule has 1 fully saturated rings. The van der Waals surface area contributed by atoms with Gasteiger partial charge in [0.1, 0.15) is 11.6 Å². The van der Waals surface area contributed by atoms with Crippen molar-refractivity contribution in [1.29, 1.82) is 0 Å². The van der Waals surface area contributed by atoms with Crippen molar-refractivity contribution in [1.82, 2.24) is 0 Å². The predicted octanol–water partition coefficient (Wildman–Crippen LogP) is 3.60. The Morgan fingerprint density at radius 3 is 2.60 bits per heavy atom. The molecule has 0 spiro atoms. The number of benzene rings is 2. The third-order valence-corrected chi connectivity index (χ3v) is 4.18. The molecule has 0 aliphatic carbocycles. The molecule has 3 rings (SSSR count). The molecule has 1 aliphatic heterocycles. The van der Waals surface area contributed by atoms with Crippen LogP contribution in [0.5, 0.6) is 5.75 Å². The van der Waals surface area contributed by atoms with Crippen molar-refractivity contribution in [3.8, 4) is 5.75 Å². The topological polar surface area (TPSA) is 58.6 Å². The number of rotatable bonds is 4. The number of carbonyl (C=O) groups excluding carboxylic acids is 2. The summed E-state index contributed by atoms with van der Waals surface area (Å²) < 4.78 is 18.3. The molecule has 130 valence electrons. The third-order valence-electron chi connectivity index (χ3n) is 4.18. The number of halogens is 1. The molecule has 0 aromatic heterocycles. The lowest BCUT2D eigenvalue weighted by Crippen LogP contribution is -2.35. The molecule has 1 aliphatic rings. The van der Waals surface area contributed by atoms with Crippen LogP contribution in [-0.2, 0) is 4.79 Å². The maximum Gasteiger partial charge on any atom is 0.255 e. The molecule has 0 radical (unpaired) electrons. The van der Waals surface area contributed by atoms with Gasteiger partial charge in [0.05, 0.1) is 12.8 Å². The minimum Gasteiger partial charge on any atom is -0.494 e. The zero-order valence-electron chi connectivity index (χ0n) is 13.9. The lowest BCUT2D eigenvalue weighted by atomic mass is 10.1. The Kier molecular flexibility index (Phi) is 4.97. The predicted molar refractivity (Wildman–Crippen MR) is 93.6 cm³/mol. The van der Waals surface area contributed by atoms with Gasteiger partial charge in [-0.2, -0.15) is 0 Å². The fourth-order valence-corrected chi connectivity index (χ4v) is 2.83. The van der Waals surface area contributed by atoms with Crippen LogP contribution >= 0.6 is 0 Å². The van der Waals surface area contributed by atoms with Gasteiger partial charge < -0.3 is 15.0 Å². The first kappa shape index (κ1) is 17.0. The number of nitrogens with one attached hydrogen (secondary N) is 1. The molecule has 6 heteroatoms. The van der Waals surface area contributed by atoms with Gasteiger partial charge in [-0.1, -0.05) is 0 Å². The maximum atomic E-state index is 13.2. The molecule has 2 amide bonds. The Balaban J connectivity index is 1.74. The van der Waals surface area contributed by atoms with E-state index in [9.17, 15) is 14.0 Å². The molecule has 5 nitrogen and oxygen atoms in total. The molecule has 0 unspecified atom stereocenters. The standard InChI is InChI=1S/C19H19FN2O3/c1-25-17-12-14(20)7-10-16(17)21-19(24)13-5-8-15(9-6-13)22-11-3-2-4-18(22)23/h5-10,12H,2-4,11H2,1H3,(H,21,24). The molecule has 1 saturated heterocycles. The lowest BCUT2D eigenvalue weighted by Gasteiger charge is -2.26. The fraction of sp³-hybridized carbons (Fsp3) is 0.263. The number of carbonyl (C=O) groups is 2. The number of nitrogens with zero attached hydrogens (tertiary/aromatic N) is 1. The summed E-state index contributed by atoms with van der Waals surface area (Å²) >= 11 is 0. The first-order chi connectivity index (χ1) is 12.1. The van der Waals surface area contributed by atoms with Gasteiger partial charge >= 0.3 is 0 Å². The van der Waals surface area contributed by atoms with E-state index in [1.54, 1.807) is 29.2 Å². The van der Waals surface area contributed by atoms with Crippen molar-refractivity contribution in [2.75, 3.05) is 23.9 Å². The summed E-state index contributed by atoms with van der Waals surface area (Å²) in [5.41, 5.74) is 1.63. The number of hydrogen-bond donors (Lipinski definition) is 1. The highest BCUT2D eigenvalue weighted by molar-refractivity contribution is 6.05. The van der Waals surface area contributed by atoms with Gasteiger partial charge in [0.15, 0.2) is 0 Å². The van der Waals surface area contributed by atoms with Gasteiger partial charge in [-0.05, 0) is 49.2 Å². The zero-order chi connectivity index (χ0) is 17.8. The molecule has 25 heavy (non-hydrogen) atoms. The minimum atomic E-state index is -0.439. The highest BCUT2D eigenvalue weighted by Gasteiger charge is 2.19. The van der Waals surface area contributed by atoms with Gasteiger partial charge in [-0.25, -0.2) is 4.39 Å². The number of anilines is 2. The highest BCUT2D eigenvalue weighted by atomic mass is 19.1. The van der Waals surface area contributed by atoms with Crippen molar-refractivity contribution < 1.29 is 18.7 Å². The SMILES string of the molecule is COc1cc(F)ccc1NC(=O)c1ccc(N2CCCCC2=O)cc1. The van der Waals surface area contributed by atoms with E-state index in [1.165, 1.54) is 25.3 Å². The Morgan fingerprint density at radius 2 is 1.92 bits per heavy atom. The van der Waals surface area contributed by atoms with E-state index in [1.807, 2.05) is 0 Å². The Hall–Kier alpha value is -2.89. The van der Waals surface area contributed by atoms with Crippen LogP contribution < -0.4 is 15.0 Å². The summed E-state index contributed by atoms with van der Waals surface area (Å²) in [6, 6.07) is 10.8. The van der Waals surface area contributed by atoms with Gasteiger partial charge in [0.25, 0.3) is 5.91 Å². The van der Waals surface area contributed by atoms with Crippen LogP contribution in [0.4, 0.5) is 15.8 Å². The second-order valence-corrected chi connectivity index (χ2v) is 5.85. The molecule has 1 heterocycles. The van der Waals surface area contributed by atoms with Crippen molar-refractivity contribution >= 4 is 23.2 Å². The summed E-state index contributed by atoms with van der Waals surface area (Å²) in [6.07, 6.45) is 2.47. The molecule has 2 aromatic carbocycles. The van der Waals surface area contributed by atoms with Crippen LogP contribution in [0.2, 0.25) is 0 Å². The normalized spacial score (nSPS) is 14.3. The number of hydrogen-bond acceptors (Lipinski definition) is 3. The fourth-order valence-electron chi connectivity index (χ4n) is 2.83. The van der Waals surface area contributed by atoms with Crippen molar-refractivity contribution in [3.05, 3.63) is 53.8 Å². The lowest BCUT2D eigenvalue weighted by molar-refractivity contribution is -0.119. The molecule has 0 saturated carbocycles. The molecule has 0 atom stereocenters. The number of ether oxygens (including phenoxy) is 1. The van der Waals surface area contributed by atoms with Crippen LogP contribution in [0.3, 0.4) is 0 Å². The van der Waals surface area contributed by atoms with E-state index in [0.717, 1.165) is 18.5 Å². The zero-order valence-corrected chi connectivity index (χ0v) is 13.9. The van der Waals surface area contributed by atoms with E-state index in [-0.39, 0.29) is 17.6 Å². The van der Waals surface area contributed by atoms with Gasteiger partial charge in [0.2, 0.25) is 5.91 Å². The summed E-state index contributed by atoms with van der Waals surface area (Å²) in [6.45, 7) is 0.706. The van der Waals surface area contributed by atoms with Crippen LogP contribution in [-0.4, -0.2) is 25.5 Å². The van der Waals surface area contributed by atoms with Gasteiger partial charge in [-0.3, -0.25) is 9.59 Å². The summed E-state index contributed by atoms with van der Waals surface area (Å²) in [7, 11) is 1.41. The number of amides is 2. The van der Waals surface area contributed by atoms with Crippen LogP contribution in [0.25, 0.3) is 0 Å². The Morgan fingerprint density at radius 1 is 1.16 bits per heavy atom. The van der Waals surface area contributed by atoms with E-state index >= 15 is 0 Å². The quantitative estimate of drug-likeness (QED) is 0.923. The highest BCUT2D eigenvalue weighted by Crippen LogP contribution is 2.26. The second-order valence-electron chi connectivity index (χ2n) is 5.85. The largest absolute Gasteiger partial charge is 0.494 e. The van der Waals surface area contributed by atoms with Crippen molar-refractivity contribution in [3.63, 3.8) is 0 Å². The van der Waals surface area contributed by atoms with Crippen LogP contribution in [0.1, 0.15) is 29.6 Å². The molecule has 1 N–H and O–H groups in total. The average Bonchev–Trinajstić information content (AvgIpc) is 2.63. The first-order valence-corrected chi connectivity index (χ1v) is 8.14. The van der Waals surface area contributed by atoms with E-state index in [2.05, 4.69) is 5.32 Å². The number of methoxy groups -OCH3 is 1. The van der Waals surface area contributed by atoms with Crippen molar-refractivity contribution in [2.45, 2.75) is 19.3 Å².